The van der Waals surface area contributed by atoms with Gasteiger partial charge in [-0.25, -0.2) is 15.0 Å². The van der Waals surface area contributed by atoms with E-state index in [-0.39, 0.29) is 5.56 Å². The molecule has 3 heterocycles. The summed E-state index contributed by atoms with van der Waals surface area (Å²) in [4.78, 5) is 28.1. The van der Waals surface area contributed by atoms with Crippen LogP contribution in [0.4, 0.5) is 0 Å². The van der Waals surface area contributed by atoms with Gasteiger partial charge in [-0.15, -0.1) is 0 Å². The Morgan fingerprint density at radius 3 is 2.41 bits per heavy atom. The zero-order valence-corrected chi connectivity index (χ0v) is 19.7. The van der Waals surface area contributed by atoms with Crippen LogP contribution >= 0.6 is 0 Å². The fourth-order valence-corrected chi connectivity index (χ4v) is 4.54. The highest BCUT2D eigenvalue weighted by Gasteiger charge is 2.20. The van der Waals surface area contributed by atoms with Crippen LogP contribution in [0.25, 0.3) is 33.2 Å². The van der Waals surface area contributed by atoms with Crippen molar-refractivity contribution < 1.29 is 4.74 Å². The standard InChI is InChI=1S/C27H29N5O2/c1-3-4-5-6-11-16-31-18-28-25-23(27(31)33)24-26(30-21-14-9-8-13-20(21)29-24)32(25)17-19-12-7-10-15-22(19)34-2/h7-10,12-15,18H,3-6,11,16-17H2,1-2H3. The third-order valence-corrected chi connectivity index (χ3v) is 6.34. The Bertz CT molecular complexity index is 1520. The first-order chi connectivity index (χ1) is 16.7. The van der Waals surface area contributed by atoms with E-state index >= 15 is 0 Å². The number of nitrogens with zero attached hydrogens (tertiary/aromatic N) is 5. The van der Waals surface area contributed by atoms with E-state index in [9.17, 15) is 4.79 Å². The Morgan fingerprint density at radius 1 is 0.882 bits per heavy atom. The van der Waals surface area contributed by atoms with Crippen LogP contribution in [0, 0.1) is 0 Å². The van der Waals surface area contributed by atoms with E-state index in [2.05, 4.69) is 6.92 Å². The highest BCUT2D eigenvalue weighted by Crippen LogP contribution is 2.28. The summed E-state index contributed by atoms with van der Waals surface area (Å²) in [5, 5.41) is 0.527. The van der Waals surface area contributed by atoms with E-state index in [1.807, 2.05) is 53.1 Å². The van der Waals surface area contributed by atoms with Gasteiger partial charge in [-0.1, -0.05) is 62.9 Å². The minimum Gasteiger partial charge on any atom is -0.496 e. The lowest BCUT2D eigenvalue weighted by molar-refractivity contribution is 0.409. The molecular weight excluding hydrogens is 426 g/mol. The molecule has 0 aliphatic rings. The van der Waals surface area contributed by atoms with Crippen LogP contribution in [0.1, 0.15) is 44.6 Å². The molecule has 0 amide bonds. The molecule has 0 N–H and O–H groups in total. The average Bonchev–Trinajstić information content (AvgIpc) is 3.17. The zero-order valence-electron chi connectivity index (χ0n) is 19.7. The molecule has 0 spiro atoms. The van der Waals surface area contributed by atoms with Crippen LogP contribution in [-0.4, -0.2) is 31.2 Å². The number of para-hydroxylation sites is 3. The monoisotopic (exact) mass is 455 g/mol. The molecule has 0 fully saturated rings. The summed E-state index contributed by atoms with van der Waals surface area (Å²) in [6.45, 7) is 3.34. The molecule has 0 saturated carbocycles. The van der Waals surface area contributed by atoms with Crippen molar-refractivity contribution in [1.82, 2.24) is 24.1 Å². The normalized spacial score (nSPS) is 11.6. The number of aryl methyl sites for hydroxylation is 1. The lowest BCUT2D eigenvalue weighted by atomic mass is 10.1. The van der Waals surface area contributed by atoms with Crippen molar-refractivity contribution in [3.8, 4) is 5.75 Å². The molecule has 0 unspecified atom stereocenters. The van der Waals surface area contributed by atoms with Crippen molar-refractivity contribution in [2.45, 2.75) is 52.1 Å². The van der Waals surface area contributed by atoms with Gasteiger partial charge in [-0.2, -0.15) is 0 Å². The summed E-state index contributed by atoms with van der Waals surface area (Å²) in [6.07, 6.45) is 7.36. The van der Waals surface area contributed by atoms with Crippen molar-refractivity contribution in [3.63, 3.8) is 0 Å². The van der Waals surface area contributed by atoms with E-state index in [1.54, 1.807) is 18.0 Å². The second-order valence-electron chi connectivity index (χ2n) is 8.64. The molecule has 0 aliphatic carbocycles. The third-order valence-electron chi connectivity index (χ3n) is 6.34. The predicted octanol–water partition coefficient (Wildman–Crippen LogP) is 5.32. The van der Waals surface area contributed by atoms with E-state index < -0.39 is 0 Å². The van der Waals surface area contributed by atoms with Gasteiger partial charge >= 0.3 is 0 Å². The van der Waals surface area contributed by atoms with E-state index in [0.29, 0.717) is 35.3 Å². The van der Waals surface area contributed by atoms with Crippen LogP contribution in [-0.2, 0) is 13.1 Å². The number of rotatable bonds is 9. The Balaban J connectivity index is 1.67. The Kier molecular flexibility index (Phi) is 6.25. The molecule has 0 radical (unpaired) electrons. The van der Waals surface area contributed by atoms with Crippen LogP contribution in [0.15, 0.2) is 59.7 Å². The van der Waals surface area contributed by atoms with Crippen molar-refractivity contribution >= 4 is 33.2 Å². The molecule has 5 rings (SSSR count). The van der Waals surface area contributed by atoms with Crippen molar-refractivity contribution in [3.05, 3.63) is 70.8 Å². The number of hydrogen-bond donors (Lipinski definition) is 0. The van der Waals surface area contributed by atoms with Crippen LogP contribution in [0.5, 0.6) is 5.75 Å². The number of methoxy groups -OCH3 is 1. The van der Waals surface area contributed by atoms with Crippen LogP contribution < -0.4 is 10.3 Å². The summed E-state index contributed by atoms with van der Waals surface area (Å²) >= 11 is 0. The maximum Gasteiger partial charge on any atom is 0.265 e. The summed E-state index contributed by atoms with van der Waals surface area (Å²) < 4.78 is 9.27. The van der Waals surface area contributed by atoms with Crippen LogP contribution in [0.2, 0.25) is 0 Å². The second-order valence-corrected chi connectivity index (χ2v) is 8.64. The molecule has 5 aromatic rings. The summed E-state index contributed by atoms with van der Waals surface area (Å²) in [5.41, 5.74) is 4.33. The molecule has 0 saturated heterocycles. The summed E-state index contributed by atoms with van der Waals surface area (Å²) in [5.74, 6) is 0.784. The maximum atomic E-state index is 13.6. The zero-order chi connectivity index (χ0) is 23.5. The highest BCUT2D eigenvalue weighted by atomic mass is 16.5. The van der Waals surface area contributed by atoms with Gasteiger partial charge in [0, 0.05) is 12.1 Å². The van der Waals surface area contributed by atoms with Gasteiger partial charge in [-0.3, -0.25) is 9.36 Å². The van der Waals surface area contributed by atoms with Crippen molar-refractivity contribution in [2.75, 3.05) is 7.11 Å². The van der Waals surface area contributed by atoms with E-state index in [1.165, 1.54) is 19.3 Å². The number of hydrogen-bond acceptors (Lipinski definition) is 5. The first-order valence-electron chi connectivity index (χ1n) is 12.0. The lowest BCUT2D eigenvalue weighted by Crippen LogP contribution is -2.21. The van der Waals surface area contributed by atoms with Crippen LogP contribution in [0.3, 0.4) is 0 Å². The Hall–Kier alpha value is -3.74. The second kappa shape index (κ2) is 9.63. The maximum absolute atomic E-state index is 13.6. The minimum absolute atomic E-state index is 0.0613. The molecule has 7 heteroatoms. The van der Waals surface area contributed by atoms with Crippen molar-refractivity contribution in [1.29, 1.82) is 0 Å². The van der Waals surface area contributed by atoms with Gasteiger partial charge < -0.3 is 9.30 Å². The lowest BCUT2D eigenvalue weighted by Gasteiger charge is -2.11. The van der Waals surface area contributed by atoms with Gasteiger partial charge in [0.1, 0.15) is 16.7 Å². The third kappa shape index (κ3) is 4.02. The van der Waals surface area contributed by atoms with Gasteiger partial charge in [0.25, 0.3) is 5.56 Å². The fourth-order valence-electron chi connectivity index (χ4n) is 4.54. The molecule has 34 heavy (non-hydrogen) atoms. The Morgan fingerprint density at radius 2 is 1.62 bits per heavy atom. The summed E-state index contributed by atoms with van der Waals surface area (Å²) in [7, 11) is 1.66. The van der Waals surface area contributed by atoms with Gasteiger partial charge in [-0.05, 0) is 24.6 Å². The quantitative estimate of drug-likeness (QED) is 0.281. The molecule has 0 bridgehead atoms. The molecule has 3 aromatic heterocycles. The first-order valence-corrected chi connectivity index (χ1v) is 12.0. The van der Waals surface area contributed by atoms with Gasteiger partial charge in [0.05, 0.1) is 31.0 Å². The number of ether oxygens (including phenoxy) is 1. The summed E-state index contributed by atoms with van der Waals surface area (Å²) in [6, 6.07) is 15.6. The number of fused-ring (bicyclic) bond motifs is 4. The smallest absolute Gasteiger partial charge is 0.265 e. The molecule has 7 nitrogen and oxygen atoms in total. The SMILES string of the molecule is CCCCCCCn1cnc2c(c1=O)c1nc3ccccc3nc1n2Cc1ccccc1OC. The topological polar surface area (TPSA) is 74.8 Å². The molecule has 0 atom stereocenters. The van der Waals surface area contributed by atoms with Crippen molar-refractivity contribution in [2.24, 2.45) is 0 Å². The highest BCUT2D eigenvalue weighted by molar-refractivity contribution is 6.04. The number of unbranched alkanes of at least 4 members (excludes halogenated alkanes) is 4. The first kappa shape index (κ1) is 22.1. The number of benzene rings is 2. The molecule has 0 aliphatic heterocycles. The molecule has 174 valence electrons. The predicted molar refractivity (Wildman–Crippen MR) is 135 cm³/mol. The largest absolute Gasteiger partial charge is 0.496 e. The number of aromatic nitrogens is 5. The van der Waals surface area contributed by atoms with E-state index in [0.717, 1.165) is 35.2 Å². The van der Waals surface area contributed by atoms with Gasteiger partial charge in [0.15, 0.2) is 11.3 Å². The fraction of sp³-hybridized carbons (Fsp3) is 0.333. The average molecular weight is 456 g/mol. The molecule has 2 aromatic carbocycles. The minimum atomic E-state index is -0.0613. The Labute approximate surface area is 198 Å². The molecular formula is C27H29N5O2. The van der Waals surface area contributed by atoms with Gasteiger partial charge in [0.2, 0.25) is 0 Å². The van der Waals surface area contributed by atoms with E-state index in [4.69, 9.17) is 19.7 Å².